The minimum atomic E-state index is -0.738. The van der Waals surface area contributed by atoms with Crippen molar-refractivity contribution < 1.29 is 14.5 Å². The summed E-state index contributed by atoms with van der Waals surface area (Å²) in [5, 5.41) is 13.1. The van der Waals surface area contributed by atoms with Gasteiger partial charge in [0.1, 0.15) is 0 Å². The highest BCUT2D eigenvalue weighted by atomic mass is 79.9. The summed E-state index contributed by atoms with van der Waals surface area (Å²) in [5.41, 5.74) is 4.96. The van der Waals surface area contributed by atoms with Crippen molar-refractivity contribution in [3.63, 3.8) is 0 Å². The molecular weight excluding hydrogens is 430 g/mol. The van der Waals surface area contributed by atoms with Crippen LogP contribution in [0.1, 0.15) is 15.2 Å². The topological polar surface area (TPSA) is 107 Å². The van der Waals surface area contributed by atoms with Crippen molar-refractivity contribution in [2.75, 3.05) is 12.8 Å². The van der Waals surface area contributed by atoms with E-state index >= 15 is 0 Å². The number of hydrogen-bond donors (Lipinski definition) is 1. The lowest BCUT2D eigenvalue weighted by Gasteiger charge is -2.16. The van der Waals surface area contributed by atoms with Crippen molar-refractivity contribution in [1.29, 1.82) is 0 Å². The Balaban J connectivity index is 2.03. The van der Waals surface area contributed by atoms with E-state index in [1.54, 1.807) is 11.9 Å². The van der Waals surface area contributed by atoms with E-state index in [1.807, 2.05) is 11.4 Å². The van der Waals surface area contributed by atoms with Gasteiger partial charge in [0.25, 0.3) is 5.69 Å². The van der Waals surface area contributed by atoms with Crippen LogP contribution in [0, 0.1) is 10.1 Å². The lowest BCUT2D eigenvalue weighted by molar-refractivity contribution is -0.387. The summed E-state index contributed by atoms with van der Waals surface area (Å²) in [4.78, 5) is 36.9. The fraction of sp³-hybridized carbons (Fsp3) is 0.200. The zero-order valence-corrected chi connectivity index (χ0v) is 16.3. The molecule has 2 aromatic rings. The molecule has 0 bridgehead atoms. The van der Waals surface area contributed by atoms with Gasteiger partial charge in [0.05, 0.1) is 22.1 Å². The van der Waals surface area contributed by atoms with E-state index in [2.05, 4.69) is 15.9 Å². The number of primary amides is 1. The number of benzene rings is 1. The average molecular weight is 444 g/mol. The van der Waals surface area contributed by atoms with Crippen LogP contribution in [0.3, 0.4) is 0 Å². The Kier molecular flexibility index (Phi) is 6.57. The quantitative estimate of drug-likeness (QED) is 0.401. The van der Waals surface area contributed by atoms with Gasteiger partial charge < -0.3 is 10.6 Å². The summed E-state index contributed by atoms with van der Waals surface area (Å²) in [6, 6.07) is 5.92. The first kappa shape index (κ1) is 19.4. The van der Waals surface area contributed by atoms with Crippen LogP contribution in [0.5, 0.6) is 0 Å². The van der Waals surface area contributed by atoms with E-state index in [1.165, 1.54) is 23.5 Å². The third kappa shape index (κ3) is 5.28. The summed E-state index contributed by atoms with van der Waals surface area (Å²) in [6.07, 6.45) is 0. The molecule has 0 saturated carbocycles. The summed E-state index contributed by atoms with van der Waals surface area (Å²) >= 11 is 5.96. The van der Waals surface area contributed by atoms with Crippen LogP contribution in [0.4, 0.5) is 5.69 Å². The van der Waals surface area contributed by atoms with Gasteiger partial charge in [-0.3, -0.25) is 19.7 Å². The lowest BCUT2D eigenvalue weighted by atomic mass is 10.2. The van der Waals surface area contributed by atoms with E-state index in [4.69, 9.17) is 5.73 Å². The first-order chi connectivity index (χ1) is 11.8. The molecular formula is C15H14BrN3O4S2. The Morgan fingerprint density at radius 2 is 2.12 bits per heavy atom. The number of amides is 2. The highest BCUT2D eigenvalue weighted by molar-refractivity contribution is 9.10. The summed E-state index contributed by atoms with van der Waals surface area (Å²) in [6.45, 7) is 0.471. The van der Waals surface area contributed by atoms with Gasteiger partial charge in [-0.1, -0.05) is 0 Å². The van der Waals surface area contributed by atoms with Gasteiger partial charge in [0.15, 0.2) is 0 Å². The molecule has 2 rings (SSSR count). The summed E-state index contributed by atoms with van der Waals surface area (Å²) in [7, 11) is 1.68. The fourth-order valence-electron chi connectivity index (χ4n) is 1.94. The van der Waals surface area contributed by atoms with Crippen LogP contribution in [-0.4, -0.2) is 34.4 Å². The largest absolute Gasteiger partial charge is 0.366 e. The third-order valence-corrected chi connectivity index (χ3v) is 5.96. The maximum atomic E-state index is 12.2. The highest BCUT2D eigenvalue weighted by Crippen LogP contribution is 2.30. The van der Waals surface area contributed by atoms with Gasteiger partial charge in [0.2, 0.25) is 11.8 Å². The molecule has 25 heavy (non-hydrogen) atoms. The number of nitro benzene ring substituents is 1. The predicted octanol–water partition coefficient (Wildman–Crippen LogP) is 3.27. The van der Waals surface area contributed by atoms with E-state index < -0.39 is 10.8 Å². The molecule has 2 N–H and O–H groups in total. The van der Waals surface area contributed by atoms with E-state index in [0.29, 0.717) is 11.4 Å². The van der Waals surface area contributed by atoms with Crippen LogP contribution in [0.15, 0.2) is 39.0 Å². The molecule has 0 fully saturated rings. The summed E-state index contributed by atoms with van der Waals surface area (Å²) < 4.78 is 0.966. The van der Waals surface area contributed by atoms with Gasteiger partial charge in [-0.2, -0.15) is 0 Å². The first-order valence-corrected chi connectivity index (χ1v) is 9.61. The number of nitrogens with two attached hydrogens (primary N) is 1. The predicted molar refractivity (Wildman–Crippen MR) is 101 cm³/mol. The summed E-state index contributed by atoms with van der Waals surface area (Å²) in [5.74, 6) is -0.833. The normalized spacial score (nSPS) is 10.5. The average Bonchev–Trinajstić information content (AvgIpc) is 2.96. The smallest absolute Gasteiger partial charge is 0.283 e. The molecule has 1 aromatic heterocycles. The standard InChI is InChI=1S/C15H14BrN3O4S2/c1-18(6-11-5-10(16)7-24-11)14(20)8-25-13-3-2-9(15(17)21)4-12(13)19(22)23/h2-5,7H,6,8H2,1H3,(H2,17,21). The van der Waals surface area contributed by atoms with E-state index in [9.17, 15) is 19.7 Å². The van der Waals surface area contributed by atoms with Crippen molar-refractivity contribution in [3.05, 3.63) is 54.7 Å². The van der Waals surface area contributed by atoms with E-state index in [0.717, 1.165) is 27.2 Å². The molecule has 1 heterocycles. The Labute approximate surface area is 160 Å². The third-order valence-electron chi connectivity index (χ3n) is 3.23. The monoisotopic (exact) mass is 443 g/mol. The molecule has 0 aliphatic heterocycles. The van der Waals surface area contributed by atoms with Crippen LogP contribution in [0.2, 0.25) is 0 Å². The zero-order valence-electron chi connectivity index (χ0n) is 13.1. The molecule has 0 aliphatic rings. The molecule has 2 amide bonds. The molecule has 0 unspecified atom stereocenters. The number of halogens is 1. The van der Waals surface area contributed by atoms with Crippen molar-refractivity contribution in [2.24, 2.45) is 5.73 Å². The minimum Gasteiger partial charge on any atom is -0.366 e. The van der Waals surface area contributed by atoms with Crippen LogP contribution < -0.4 is 5.73 Å². The molecule has 1 aromatic carbocycles. The molecule has 0 radical (unpaired) electrons. The Morgan fingerprint density at radius 3 is 2.68 bits per heavy atom. The highest BCUT2D eigenvalue weighted by Gasteiger charge is 2.19. The Morgan fingerprint density at radius 1 is 1.40 bits per heavy atom. The second-order valence-corrected chi connectivity index (χ2v) is 8.00. The molecule has 0 saturated heterocycles. The number of thioether (sulfide) groups is 1. The van der Waals surface area contributed by atoms with Gasteiger partial charge in [-0.15, -0.1) is 23.1 Å². The number of thiophene rings is 1. The van der Waals surface area contributed by atoms with Crippen LogP contribution >= 0.6 is 39.0 Å². The second kappa shape index (κ2) is 8.45. The molecule has 0 spiro atoms. The lowest BCUT2D eigenvalue weighted by Crippen LogP contribution is -2.27. The van der Waals surface area contributed by atoms with Crippen molar-refractivity contribution in [1.82, 2.24) is 4.90 Å². The maximum absolute atomic E-state index is 12.2. The van der Waals surface area contributed by atoms with Crippen molar-refractivity contribution >= 4 is 56.5 Å². The van der Waals surface area contributed by atoms with Gasteiger partial charge >= 0.3 is 0 Å². The fourth-order valence-corrected chi connectivity index (χ4v) is 4.39. The molecule has 132 valence electrons. The molecule has 0 aliphatic carbocycles. The van der Waals surface area contributed by atoms with Crippen molar-refractivity contribution in [2.45, 2.75) is 11.4 Å². The number of nitrogens with zero attached hydrogens (tertiary/aromatic N) is 2. The van der Waals surface area contributed by atoms with Gasteiger partial charge in [-0.05, 0) is 34.1 Å². The second-order valence-electron chi connectivity index (χ2n) is 5.07. The number of carbonyl (C=O) groups is 2. The molecule has 10 heteroatoms. The SMILES string of the molecule is CN(Cc1cc(Br)cs1)C(=O)CSc1ccc(C(N)=O)cc1[N+](=O)[O-]. The number of carbonyl (C=O) groups excluding carboxylic acids is 2. The first-order valence-electron chi connectivity index (χ1n) is 6.96. The minimum absolute atomic E-state index is 0.0554. The van der Waals surface area contributed by atoms with Crippen LogP contribution in [-0.2, 0) is 11.3 Å². The molecule has 0 atom stereocenters. The van der Waals surface area contributed by atoms with Gasteiger partial charge in [-0.25, -0.2) is 0 Å². The Bertz CT molecular complexity index is 825. The van der Waals surface area contributed by atoms with Gasteiger partial charge in [0, 0.05) is 33.4 Å². The van der Waals surface area contributed by atoms with E-state index in [-0.39, 0.29) is 22.9 Å². The van der Waals surface area contributed by atoms with Crippen LogP contribution in [0.25, 0.3) is 0 Å². The zero-order chi connectivity index (χ0) is 18.6. The number of nitro groups is 1. The van der Waals surface area contributed by atoms with Crippen molar-refractivity contribution in [3.8, 4) is 0 Å². The number of hydrogen-bond acceptors (Lipinski definition) is 6. The molecule has 7 nitrogen and oxygen atoms in total. The number of rotatable bonds is 7. The Hall–Kier alpha value is -1.91. The maximum Gasteiger partial charge on any atom is 0.283 e.